The Kier molecular flexibility index (Phi) is 6.59. The van der Waals surface area contributed by atoms with Gasteiger partial charge in [-0.3, -0.25) is 4.79 Å². The maximum Gasteiger partial charge on any atom is 0.282 e. The molecular formula is C20H23ClN4O4S3. The Labute approximate surface area is 200 Å². The lowest BCUT2D eigenvalue weighted by atomic mass is 9.89. The van der Waals surface area contributed by atoms with Gasteiger partial charge in [0.05, 0.1) is 27.9 Å². The molecule has 0 amide bonds. The van der Waals surface area contributed by atoms with Crippen LogP contribution in [0, 0.1) is 12.8 Å². The molecule has 0 radical (unpaired) electrons. The van der Waals surface area contributed by atoms with Crippen molar-refractivity contribution in [1.29, 1.82) is 0 Å². The third-order valence-corrected chi connectivity index (χ3v) is 9.91. The van der Waals surface area contributed by atoms with Crippen LogP contribution in [0.25, 0.3) is 0 Å². The molecule has 1 aliphatic heterocycles. The standard InChI is InChI=1S/C20H23ClN4O4S3/c1-12-9-24(32(27,28)23(3)4)18(12)17-13(2)20(30-11-15-5-6-16(21)31-15)25(22-17)19(26)14-7-8-29-10-14/h5-8,10,12,18H,9,11H2,1-4H3. The third kappa shape index (κ3) is 4.17. The maximum absolute atomic E-state index is 13.2. The SMILES string of the molecule is Cc1c(C2C(C)CN2S(=O)(=O)N(C)C)nn(C(=O)c2ccoc2)c1SCc1ccc(Cl)s1. The zero-order valence-electron chi connectivity index (χ0n) is 18.0. The molecule has 3 aromatic rings. The molecule has 2 atom stereocenters. The van der Waals surface area contributed by atoms with E-state index >= 15 is 0 Å². The summed E-state index contributed by atoms with van der Waals surface area (Å²) in [5, 5.41) is 5.31. The van der Waals surface area contributed by atoms with Gasteiger partial charge in [0.2, 0.25) is 0 Å². The van der Waals surface area contributed by atoms with Gasteiger partial charge in [0.15, 0.2) is 0 Å². The van der Waals surface area contributed by atoms with Crippen LogP contribution in [0.5, 0.6) is 0 Å². The van der Waals surface area contributed by atoms with Crippen molar-refractivity contribution < 1.29 is 17.6 Å². The molecule has 0 saturated carbocycles. The molecule has 32 heavy (non-hydrogen) atoms. The highest BCUT2D eigenvalue weighted by atomic mass is 35.5. The van der Waals surface area contributed by atoms with Gasteiger partial charge in [0.1, 0.15) is 11.3 Å². The minimum absolute atomic E-state index is 0.0738. The molecule has 4 heterocycles. The van der Waals surface area contributed by atoms with Crippen LogP contribution in [-0.4, -0.2) is 53.4 Å². The highest BCUT2D eigenvalue weighted by Gasteiger charge is 2.47. The van der Waals surface area contributed by atoms with Crippen molar-refractivity contribution in [3.05, 3.63) is 56.8 Å². The first kappa shape index (κ1) is 23.5. The molecule has 2 unspecified atom stereocenters. The molecule has 0 spiro atoms. The average molecular weight is 515 g/mol. The van der Waals surface area contributed by atoms with Crippen LogP contribution in [0.4, 0.5) is 0 Å². The first-order valence-electron chi connectivity index (χ1n) is 9.84. The summed E-state index contributed by atoms with van der Waals surface area (Å²) >= 11 is 9.02. The zero-order valence-corrected chi connectivity index (χ0v) is 21.2. The lowest BCUT2D eigenvalue weighted by Crippen LogP contribution is -2.55. The number of halogens is 1. The number of carbonyl (C=O) groups excluding carboxylic acids is 1. The molecule has 0 bridgehead atoms. The Balaban J connectivity index is 1.74. The number of furan rings is 1. The molecule has 3 aromatic heterocycles. The molecule has 0 aliphatic carbocycles. The molecule has 172 valence electrons. The van der Waals surface area contributed by atoms with Crippen LogP contribution in [0.3, 0.4) is 0 Å². The fourth-order valence-electron chi connectivity index (χ4n) is 3.66. The predicted molar refractivity (Wildman–Crippen MR) is 126 cm³/mol. The summed E-state index contributed by atoms with van der Waals surface area (Å²) in [7, 11) is -0.588. The van der Waals surface area contributed by atoms with Crippen LogP contribution in [0.2, 0.25) is 4.34 Å². The second-order valence-corrected chi connectivity index (χ2v) is 12.7. The van der Waals surface area contributed by atoms with Crippen LogP contribution in [0.1, 0.15) is 39.5 Å². The summed E-state index contributed by atoms with van der Waals surface area (Å²) in [5.41, 5.74) is 1.77. The van der Waals surface area contributed by atoms with Gasteiger partial charge in [-0.15, -0.1) is 23.1 Å². The summed E-state index contributed by atoms with van der Waals surface area (Å²) in [6, 6.07) is 4.94. The average Bonchev–Trinajstić information content (AvgIpc) is 3.46. The minimum atomic E-state index is -3.61. The lowest BCUT2D eigenvalue weighted by molar-refractivity contribution is 0.0918. The Hall–Kier alpha value is -1.63. The van der Waals surface area contributed by atoms with Crippen molar-refractivity contribution in [1.82, 2.24) is 18.4 Å². The second kappa shape index (κ2) is 8.96. The number of carbonyl (C=O) groups is 1. The minimum Gasteiger partial charge on any atom is -0.472 e. The molecule has 0 aromatic carbocycles. The molecular weight excluding hydrogens is 492 g/mol. The fraction of sp³-hybridized carbons (Fsp3) is 0.400. The molecule has 12 heteroatoms. The summed E-state index contributed by atoms with van der Waals surface area (Å²) in [5.74, 6) is 0.362. The van der Waals surface area contributed by atoms with E-state index in [-0.39, 0.29) is 11.8 Å². The number of rotatable bonds is 7. The number of thiophene rings is 1. The number of nitrogens with zero attached hydrogens (tertiary/aromatic N) is 4. The number of thioether (sulfide) groups is 1. The fourth-order valence-corrected chi connectivity index (χ4v) is 7.33. The summed E-state index contributed by atoms with van der Waals surface area (Å²) < 4.78 is 35.4. The van der Waals surface area contributed by atoms with Crippen LogP contribution in [0.15, 0.2) is 40.2 Å². The van der Waals surface area contributed by atoms with E-state index in [4.69, 9.17) is 16.0 Å². The zero-order chi connectivity index (χ0) is 23.2. The Morgan fingerprint density at radius 1 is 1.38 bits per heavy atom. The number of hydrogen-bond acceptors (Lipinski definition) is 7. The van der Waals surface area contributed by atoms with Gasteiger partial charge in [-0.05, 0) is 31.0 Å². The van der Waals surface area contributed by atoms with Crippen molar-refractivity contribution in [2.45, 2.75) is 30.7 Å². The largest absolute Gasteiger partial charge is 0.472 e. The van der Waals surface area contributed by atoms with E-state index < -0.39 is 16.3 Å². The Bertz CT molecular complexity index is 1230. The van der Waals surface area contributed by atoms with Gasteiger partial charge in [-0.1, -0.05) is 18.5 Å². The number of hydrogen-bond donors (Lipinski definition) is 0. The van der Waals surface area contributed by atoms with Gasteiger partial charge in [-0.25, -0.2) is 0 Å². The van der Waals surface area contributed by atoms with Crippen LogP contribution < -0.4 is 0 Å². The van der Waals surface area contributed by atoms with Crippen LogP contribution in [-0.2, 0) is 16.0 Å². The van der Waals surface area contributed by atoms with Gasteiger partial charge in [0, 0.05) is 36.8 Å². The summed E-state index contributed by atoms with van der Waals surface area (Å²) in [6.07, 6.45) is 2.81. The summed E-state index contributed by atoms with van der Waals surface area (Å²) in [4.78, 5) is 14.2. The van der Waals surface area contributed by atoms with Gasteiger partial charge < -0.3 is 4.42 Å². The van der Waals surface area contributed by atoms with E-state index in [1.54, 1.807) is 6.07 Å². The summed E-state index contributed by atoms with van der Waals surface area (Å²) in [6.45, 7) is 4.28. The van der Waals surface area contributed by atoms with Crippen molar-refractivity contribution in [2.75, 3.05) is 20.6 Å². The van der Waals surface area contributed by atoms with E-state index in [1.165, 1.54) is 63.0 Å². The first-order valence-corrected chi connectivity index (χ1v) is 13.4. The van der Waals surface area contributed by atoms with Gasteiger partial charge >= 0.3 is 0 Å². The van der Waals surface area contributed by atoms with Crippen molar-refractivity contribution in [3.8, 4) is 0 Å². The topological polar surface area (TPSA) is 88.7 Å². The van der Waals surface area contributed by atoms with E-state index in [0.717, 1.165) is 10.4 Å². The predicted octanol–water partition coefficient (Wildman–Crippen LogP) is 4.28. The van der Waals surface area contributed by atoms with Crippen molar-refractivity contribution >= 4 is 50.8 Å². The molecule has 1 saturated heterocycles. The Morgan fingerprint density at radius 2 is 2.12 bits per heavy atom. The van der Waals surface area contributed by atoms with E-state index in [0.29, 0.717) is 32.9 Å². The van der Waals surface area contributed by atoms with Gasteiger partial charge in [0.25, 0.3) is 16.1 Å². The molecule has 0 N–H and O–H groups in total. The molecule has 1 aliphatic rings. The monoisotopic (exact) mass is 514 g/mol. The van der Waals surface area contributed by atoms with Crippen molar-refractivity contribution in [2.24, 2.45) is 5.92 Å². The highest BCUT2D eigenvalue weighted by Crippen LogP contribution is 2.44. The molecule has 4 rings (SSSR count). The smallest absolute Gasteiger partial charge is 0.282 e. The van der Waals surface area contributed by atoms with E-state index in [1.807, 2.05) is 26.0 Å². The van der Waals surface area contributed by atoms with E-state index in [2.05, 4.69) is 5.10 Å². The third-order valence-electron chi connectivity index (χ3n) is 5.40. The molecule has 1 fully saturated rings. The van der Waals surface area contributed by atoms with Crippen LogP contribution >= 0.6 is 34.7 Å². The Morgan fingerprint density at radius 3 is 2.69 bits per heavy atom. The maximum atomic E-state index is 13.2. The first-order chi connectivity index (χ1) is 15.1. The second-order valence-electron chi connectivity index (χ2n) is 7.82. The quantitative estimate of drug-likeness (QED) is 0.437. The molecule has 8 nitrogen and oxygen atoms in total. The van der Waals surface area contributed by atoms with Crippen molar-refractivity contribution in [3.63, 3.8) is 0 Å². The van der Waals surface area contributed by atoms with E-state index in [9.17, 15) is 13.2 Å². The highest BCUT2D eigenvalue weighted by molar-refractivity contribution is 7.98. The van der Waals surface area contributed by atoms with Gasteiger partial charge in [-0.2, -0.15) is 26.8 Å². The number of aromatic nitrogens is 2. The lowest BCUT2D eigenvalue weighted by Gasteiger charge is -2.45. The normalized spacial score (nSPS) is 19.4.